The average Bonchev–Trinajstić information content (AvgIpc) is 2.29. The second kappa shape index (κ2) is 5.05. The Morgan fingerprint density at radius 1 is 0.882 bits per heavy atom. The molecule has 88 valence electrons. The van der Waals surface area contributed by atoms with Crippen molar-refractivity contribution in [3.8, 4) is 0 Å². The van der Waals surface area contributed by atoms with Gasteiger partial charge in [0, 0.05) is 0 Å². The molecule has 0 fully saturated rings. The molecule has 2 nitrogen and oxygen atoms in total. The minimum absolute atomic E-state index is 0.438. The second-order valence-corrected chi connectivity index (χ2v) is 4.62. The molecule has 3 N–H and O–H groups in total. The topological polar surface area (TPSA) is 38.0 Å². The van der Waals surface area contributed by atoms with Crippen LogP contribution in [0.5, 0.6) is 0 Å². The minimum Gasteiger partial charge on any atom is -0.397 e. The van der Waals surface area contributed by atoms with Gasteiger partial charge in [-0.25, -0.2) is 0 Å². The molecule has 0 heterocycles. The van der Waals surface area contributed by atoms with E-state index in [1.54, 1.807) is 36.4 Å². The second-order valence-electron chi connectivity index (χ2n) is 3.43. The smallest absolute Gasteiger partial charge is 0.0827 e. The number of hydrogen-bond donors (Lipinski definition) is 2. The Balaban J connectivity index is 2.42. The summed E-state index contributed by atoms with van der Waals surface area (Å²) in [6.07, 6.45) is 0. The van der Waals surface area contributed by atoms with Gasteiger partial charge in [-0.1, -0.05) is 46.9 Å². The maximum absolute atomic E-state index is 6.07. The van der Waals surface area contributed by atoms with Crippen molar-refractivity contribution in [2.45, 2.75) is 0 Å². The first-order valence-corrected chi connectivity index (χ1v) is 5.98. The molecule has 0 aliphatic rings. The van der Waals surface area contributed by atoms with Crippen LogP contribution in [-0.2, 0) is 0 Å². The summed E-state index contributed by atoms with van der Waals surface area (Å²) in [4.78, 5) is 0. The van der Waals surface area contributed by atoms with E-state index in [9.17, 15) is 0 Å². The number of halogens is 3. The number of benzene rings is 2. The lowest BCUT2D eigenvalue weighted by Gasteiger charge is -2.12. The number of nitrogen functional groups attached to an aromatic ring is 1. The van der Waals surface area contributed by atoms with E-state index in [-0.39, 0.29) is 0 Å². The molecule has 0 spiro atoms. The van der Waals surface area contributed by atoms with Crippen LogP contribution in [0.1, 0.15) is 0 Å². The standard InChI is InChI=1S/C12H9Cl3N2/c13-7-3-2-6-10(11(7)15)17-12-8(14)4-1-5-9(12)16/h1-6,17H,16H2. The van der Waals surface area contributed by atoms with E-state index in [0.29, 0.717) is 32.1 Å². The summed E-state index contributed by atoms with van der Waals surface area (Å²) in [7, 11) is 0. The van der Waals surface area contributed by atoms with Gasteiger partial charge in [-0.2, -0.15) is 0 Å². The summed E-state index contributed by atoms with van der Waals surface area (Å²) in [6, 6.07) is 10.6. The van der Waals surface area contributed by atoms with Gasteiger partial charge < -0.3 is 11.1 Å². The minimum atomic E-state index is 0.438. The third-order valence-corrected chi connectivity index (χ3v) is 3.39. The highest BCUT2D eigenvalue weighted by Crippen LogP contribution is 2.36. The summed E-state index contributed by atoms with van der Waals surface area (Å²) in [5.74, 6) is 0. The van der Waals surface area contributed by atoms with Crippen LogP contribution >= 0.6 is 34.8 Å². The largest absolute Gasteiger partial charge is 0.397 e. The van der Waals surface area contributed by atoms with E-state index in [1.165, 1.54) is 0 Å². The highest BCUT2D eigenvalue weighted by molar-refractivity contribution is 6.44. The van der Waals surface area contributed by atoms with Crippen LogP contribution in [0.2, 0.25) is 15.1 Å². The van der Waals surface area contributed by atoms with Crippen molar-refractivity contribution in [1.82, 2.24) is 0 Å². The Morgan fingerprint density at radius 2 is 1.53 bits per heavy atom. The van der Waals surface area contributed by atoms with Gasteiger partial charge in [0.15, 0.2) is 0 Å². The normalized spacial score (nSPS) is 10.3. The molecule has 2 rings (SSSR count). The molecule has 17 heavy (non-hydrogen) atoms. The molecule has 0 aliphatic carbocycles. The van der Waals surface area contributed by atoms with Crippen molar-refractivity contribution in [1.29, 1.82) is 0 Å². The zero-order valence-electron chi connectivity index (χ0n) is 8.68. The molecule has 0 unspecified atom stereocenters. The van der Waals surface area contributed by atoms with Crippen LogP contribution < -0.4 is 11.1 Å². The summed E-state index contributed by atoms with van der Waals surface area (Å²) >= 11 is 18.0. The van der Waals surface area contributed by atoms with Gasteiger partial charge >= 0.3 is 0 Å². The van der Waals surface area contributed by atoms with E-state index in [4.69, 9.17) is 40.5 Å². The number of nitrogens with two attached hydrogens (primary N) is 1. The Kier molecular flexibility index (Phi) is 3.67. The zero-order chi connectivity index (χ0) is 12.4. The molecule has 5 heteroatoms. The molecule has 0 amide bonds. The lowest BCUT2D eigenvalue weighted by atomic mass is 10.2. The molecule has 0 aromatic heterocycles. The number of para-hydroxylation sites is 1. The molecule has 0 radical (unpaired) electrons. The Morgan fingerprint density at radius 3 is 2.24 bits per heavy atom. The van der Waals surface area contributed by atoms with E-state index < -0.39 is 0 Å². The average molecular weight is 288 g/mol. The van der Waals surface area contributed by atoms with Gasteiger partial charge in [0.2, 0.25) is 0 Å². The molecule has 2 aromatic carbocycles. The van der Waals surface area contributed by atoms with Crippen molar-refractivity contribution in [2.24, 2.45) is 0 Å². The van der Waals surface area contributed by atoms with Crippen LogP contribution in [0, 0.1) is 0 Å². The Labute approximate surface area is 114 Å². The highest BCUT2D eigenvalue weighted by Gasteiger charge is 2.08. The predicted molar refractivity (Wildman–Crippen MR) is 75.6 cm³/mol. The van der Waals surface area contributed by atoms with E-state index in [1.807, 2.05) is 0 Å². The number of rotatable bonds is 2. The summed E-state index contributed by atoms with van der Waals surface area (Å²) in [6.45, 7) is 0. The lowest BCUT2D eigenvalue weighted by Crippen LogP contribution is -1.97. The van der Waals surface area contributed by atoms with Crippen molar-refractivity contribution >= 4 is 51.9 Å². The third kappa shape index (κ3) is 2.60. The zero-order valence-corrected chi connectivity index (χ0v) is 10.9. The van der Waals surface area contributed by atoms with Gasteiger partial charge in [-0.05, 0) is 24.3 Å². The molecular formula is C12H9Cl3N2. The molecule has 0 bridgehead atoms. The first-order valence-electron chi connectivity index (χ1n) is 4.84. The first-order chi connectivity index (χ1) is 8.09. The van der Waals surface area contributed by atoms with Crippen molar-refractivity contribution < 1.29 is 0 Å². The van der Waals surface area contributed by atoms with Gasteiger partial charge in [0.05, 0.1) is 32.1 Å². The summed E-state index contributed by atoms with van der Waals surface area (Å²) < 4.78 is 0. The third-order valence-electron chi connectivity index (χ3n) is 2.26. The van der Waals surface area contributed by atoms with Crippen molar-refractivity contribution in [2.75, 3.05) is 11.1 Å². The fraction of sp³-hybridized carbons (Fsp3) is 0. The molecule has 0 atom stereocenters. The molecule has 0 saturated heterocycles. The van der Waals surface area contributed by atoms with Crippen LogP contribution in [0.3, 0.4) is 0 Å². The van der Waals surface area contributed by atoms with Crippen molar-refractivity contribution in [3.05, 3.63) is 51.5 Å². The lowest BCUT2D eigenvalue weighted by molar-refractivity contribution is 1.54. The van der Waals surface area contributed by atoms with E-state index >= 15 is 0 Å². The highest BCUT2D eigenvalue weighted by atomic mass is 35.5. The predicted octanol–water partition coefficient (Wildman–Crippen LogP) is 4.97. The summed E-state index contributed by atoms with van der Waals surface area (Å²) in [5.41, 5.74) is 7.67. The van der Waals surface area contributed by atoms with Crippen LogP contribution in [0.4, 0.5) is 17.1 Å². The number of nitrogens with one attached hydrogen (secondary N) is 1. The van der Waals surface area contributed by atoms with Crippen LogP contribution in [-0.4, -0.2) is 0 Å². The van der Waals surface area contributed by atoms with Crippen LogP contribution in [0.25, 0.3) is 0 Å². The quantitative estimate of drug-likeness (QED) is 0.765. The van der Waals surface area contributed by atoms with Gasteiger partial charge in [-0.3, -0.25) is 0 Å². The first kappa shape index (κ1) is 12.4. The molecule has 2 aromatic rings. The van der Waals surface area contributed by atoms with Gasteiger partial charge in [0.1, 0.15) is 0 Å². The molecule has 0 aliphatic heterocycles. The monoisotopic (exact) mass is 286 g/mol. The fourth-order valence-electron chi connectivity index (χ4n) is 1.41. The number of anilines is 3. The van der Waals surface area contributed by atoms with Gasteiger partial charge in [-0.15, -0.1) is 0 Å². The van der Waals surface area contributed by atoms with Gasteiger partial charge in [0.25, 0.3) is 0 Å². The Bertz CT molecular complexity index is 535. The maximum atomic E-state index is 6.07. The SMILES string of the molecule is Nc1cccc(Cl)c1Nc1cccc(Cl)c1Cl. The van der Waals surface area contributed by atoms with E-state index in [2.05, 4.69) is 5.32 Å². The Hall–Kier alpha value is -1.09. The van der Waals surface area contributed by atoms with Crippen molar-refractivity contribution in [3.63, 3.8) is 0 Å². The molecular weight excluding hydrogens is 279 g/mol. The number of hydrogen-bond acceptors (Lipinski definition) is 2. The van der Waals surface area contributed by atoms with Crippen LogP contribution in [0.15, 0.2) is 36.4 Å². The summed E-state index contributed by atoms with van der Waals surface area (Å²) in [5, 5.41) is 4.52. The molecule has 0 saturated carbocycles. The van der Waals surface area contributed by atoms with E-state index in [0.717, 1.165) is 0 Å². The fourth-order valence-corrected chi connectivity index (χ4v) is 1.98. The maximum Gasteiger partial charge on any atom is 0.0827 e.